The van der Waals surface area contributed by atoms with E-state index in [1.54, 1.807) is 7.11 Å². The number of hydrogen-bond donors (Lipinski definition) is 2. The number of nitrogens with one attached hydrogen (secondary N) is 1. The van der Waals surface area contributed by atoms with Crippen molar-refractivity contribution in [1.82, 2.24) is 4.57 Å². The van der Waals surface area contributed by atoms with Crippen molar-refractivity contribution in [3.63, 3.8) is 0 Å². The van der Waals surface area contributed by atoms with Crippen molar-refractivity contribution in [1.29, 1.82) is 0 Å². The highest BCUT2D eigenvalue weighted by Crippen LogP contribution is 2.42. The molecule has 0 bridgehead atoms. The average Bonchev–Trinajstić information content (AvgIpc) is 3.22. The van der Waals surface area contributed by atoms with Gasteiger partial charge in [-0.2, -0.15) is 0 Å². The summed E-state index contributed by atoms with van der Waals surface area (Å²) < 4.78 is 7.56. The lowest BCUT2D eigenvalue weighted by molar-refractivity contribution is 0.169. The molecule has 1 atom stereocenters. The lowest BCUT2D eigenvalue weighted by Crippen LogP contribution is -2.25. The van der Waals surface area contributed by atoms with Crippen LogP contribution in [0.1, 0.15) is 11.1 Å². The van der Waals surface area contributed by atoms with Crippen molar-refractivity contribution in [3.8, 4) is 28.1 Å². The van der Waals surface area contributed by atoms with Crippen molar-refractivity contribution in [3.05, 3.63) is 108 Å². The molecule has 4 nitrogen and oxygen atoms in total. The Bertz CT molecular complexity index is 1460. The predicted molar refractivity (Wildman–Crippen MR) is 150 cm³/mol. The molecule has 0 saturated carbocycles. The molecular formula is C32H32N2O2. The molecule has 0 radical (unpaired) electrons. The van der Waals surface area contributed by atoms with E-state index in [0.717, 1.165) is 22.7 Å². The quantitative estimate of drug-likeness (QED) is 0.252. The molecular weight excluding hydrogens is 444 g/mol. The minimum absolute atomic E-state index is 0.436. The van der Waals surface area contributed by atoms with Gasteiger partial charge in [0, 0.05) is 23.2 Å². The van der Waals surface area contributed by atoms with Crippen LogP contribution in [0, 0.1) is 13.8 Å². The van der Waals surface area contributed by atoms with Crippen LogP contribution < -0.4 is 10.1 Å². The monoisotopic (exact) mass is 476 g/mol. The third-order valence-corrected chi connectivity index (χ3v) is 6.63. The van der Waals surface area contributed by atoms with Gasteiger partial charge in [-0.05, 0) is 60.9 Å². The number of nitrogens with zero attached hydrogens (tertiary/aromatic N) is 1. The van der Waals surface area contributed by atoms with Crippen molar-refractivity contribution < 1.29 is 9.84 Å². The minimum Gasteiger partial charge on any atom is -0.497 e. The fraction of sp³-hybridized carbons (Fsp3) is 0.188. The van der Waals surface area contributed by atoms with Crippen LogP contribution in [0.5, 0.6) is 5.75 Å². The van der Waals surface area contributed by atoms with Gasteiger partial charge < -0.3 is 19.7 Å². The third kappa shape index (κ3) is 4.73. The number of benzene rings is 4. The van der Waals surface area contributed by atoms with E-state index in [2.05, 4.69) is 90.5 Å². The topological polar surface area (TPSA) is 46.4 Å². The number of aryl methyl sites for hydroxylation is 2. The number of methoxy groups -OCH3 is 1. The summed E-state index contributed by atoms with van der Waals surface area (Å²) in [5.74, 6) is 0.812. The highest BCUT2D eigenvalue weighted by molar-refractivity contribution is 6.06. The van der Waals surface area contributed by atoms with Gasteiger partial charge in [0.25, 0.3) is 0 Å². The molecule has 0 saturated heterocycles. The first-order valence-electron chi connectivity index (χ1n) is 12.4. The zero-order chi connectivity index (χ0) is 25.1. The minimum atomic E-state index is -0.588. The Labute approximate surface area is 212 Å². The lowest BCUT2D eigenvalue weighted by atomic mass is 9.97. The number of ether oxygens (including phenoxy) is 1. The van der Waals surface area contributed by atoms with Gasteiger partial charge in [-0.15, -0.1) is 0 Å². The van der Waals surface area contributed by atoms with Crippen LogP contribution in [0.2, 0.25) is 0 Å². The molecule has 5 aromatic rings. The summed E-state index contributed by atoms with van der Waals surface area (Å²) in [6.07, 6.45) is -0.588. The van der Waals surface area contributed by atoms with Crippen molar-refractivity contribution >= 4 is 16.6 Å². The first-order chi connectivity index (χ1) is 17.5. The van der Waals surface area contributed by atoms with Gasteiger partial charge in [0.15, 0.2) is 0 Å². The second kappa shape index (κ2) is 10.3. The van der Waals surface area contributed by atoms with Gasteiger partial charge in [-0.3, -0.25) is 0 Å². The molecule has 1 aromatic heterocycles. The molecule has 0 amide bonds. The summed E-state index contributed by atoms with van der Waals surface area (Å²) in [5, 5.41) is 15.8. The second-order valence-corrected chi connectivity index (χ2v) is 9.31. The number of anilines is 1. The molecule has 0 aliphatic heterocycles. The lowest BCUT2D eigenvalue weighted by Gasteiger charge is -2.19. The molecule has 4 heteroatoms. The highest BCUT2D eigenvalue weighted by atomic mass is 16.5. The zero-order valence-corrected chi connectivity index (χ0v) is 21.0. The smallest absolute Gasteiger partial charge is 0.119 e. The van der Waals surface area contributed by atoms with E-state index in [-0.39, 0.29) is 0 Å². The van der Waals surface area contributed by atoms with Crippen LogP contribution in [-0.4, -0.2) is 29.4 Å². The van der Waals surface area contributed by atoms with Gasteiger partial charge in [0.05, 0.1) is 31.0 Å². The van der Waals surface area contributed by atoms with E-state index in [0.29, 0.717) is 13.1 Å². The standard InChI is InChI=1S/C32H32N2O2/c1-22-18-23(2)31-29(19-22)30(24-10-6-4-7-11-24)32(25-12-8-5-9-13-25)34(31)21-27(35)20-33-26-14-16-28(36-3)17-15-26/h4-19,27,33,35H,20-21H2,1-3H3/t27-/m1/s1. The van der Waals surface area contributed by atoms with Crippen LogP contribution in [0.4, 0.5) is 5.69 Å². The Kier molecular flexibility index (Phi) is 6.79. The summed E-state index contributed by atoms with van der Waals surface area (Å²) in [7, 11) is 1.66. The molecule has 36 heavy (non-hydrogen) atoms. The number of aliphatic hydroxyl groups is 1. The van der Waals surface area contributed by atoms with Gasteiger partial charge in [0.1, 0.15) is 5.75 Å². The maximum Gasteiger partial charge on any atom is 0.119 e. The molecule has 0 unspecified atom stereocenters. The number of fused-ring (bicyclic) bond motifs is 1. The molecule has 0 aliphatic carbocycles. The van der Waals surface area contributed by atoms with Crippen LogP contribution in [-0.2, 0) is 6.54 Å². The Hall–Kier alpha value is -4.02. The fourth-order valence-corrected chi connectivity index (χ4v) is 5.08. The molecule has 1 heterocycles. The normalized spacial score (nSPS) is 12.0. The fourth-order valence-electron chi connectivity index (χ4n) is 5.08. The van der Waals surface area contributed by atoms with E-state index in [9.17, 15) is 5.11 Å². The van der Waals surface area contributed by atoms with E-state index in [4.69, 9.17) is 4.74 Å². The average molecular weight is 477 g/mol. The maximum atomic E-state index is 11.2. The zero-order valence-electron chi connectivity index (χ0n) is 21.0. The summed E-state index contributed by atoms with van der Waals surface area (Å²) in [6.45, 7) is 5.22. The Morgan fingerprint density at radius 3 is 2.11 bits per heavy atom. The van der Waals surface area contributed by atoms with Crippen LogP contribution in [0.3, 0.4) is 0 Å². The molecule has 0 aliphatic rings. The van der Waals surface area contributed by atoms with Crippen molar-refractivity contribution in [2.45, 2.75) is 26.5 Å². The molecule has 5 rings (SSSR count). The maximum absolute atomic E-state index is 11.2. The van der Waals surface area contributed by atoms with Crippen LogP contribution in [0.25, 0.3) is 33.3 Å². The molecule has 0 spiro atoms. The van der Waals surface area contributed by atoms with Crippen molar-refractivity contribution in [2.75, 3.05) is 19.0 Å². The van der Waals surface area contributed by atoms with Crippen molar-refractivity contribution in [2.24, 2.45) is 0 Å². The highest BCUT2D eigenvalue weighted by Gasteiger charge is 2.23. The molecule has 182 valence electrons. The Morgan fingerprint density at radius 2 is 1.47 bits per heavy atom. The summed E-state index contributed by atoms with van der Waals surface area (Å²) >= 11 is 0. The number of rotatable bonds is 8. The molecule has 0 fully saturated rings. The Morgan fingerprint density at radius 1 is 0.833 bits per heavy atom. The summed E-state index contributed by atoms with van der Waals surface area (Å²) in [6, 6.07) is 33.3. The van der Waals surface area contributed by atoms with E-state index in [1.165, 1.54) is 33.2 Å². The first kappa shape index (κ1) is 23.7. The summed E-state index contributed by atoms with van der Waals surface area (Å²) in [5.41, 5.74) is 9.22. The van der Waals surface area contributed by atoms with Crippen LogP contribution in [0.15, 0.2) is 97.1 Å². The third-order valence-electron chi connectivity index (χ3n) is 6.63. The van der Waals surface area contributed by atoms with E-state index >= 15 is 0 Å². The van der Waals surface area contributed by atoms with Gasteiger partial charge in [0.2, 0.25) is 0 Å². The van der Waals surface area contributed by atoms with Crippen LogP contribution >= 0.6 is 0 Å². The summed E-state index contributed by atoms with van der Waals surface area (Å²) in [4.78, 5) is 0. The van der Waals surface area contributed by atoms with E-state index in [1.807, 2.05) is 30.3 Å². The predicted octanol–water partition coefficient (Wildman–Crippen LogP) is 7.07. The number of hydrogen-bond acceptors (Lipinski definition) is 3. The SMILES string of the molecule is COc1ccc(NC[C@@H](O)Cn2c(-c3ccccc3)c(-c3ccccc3)c3cc(C)cc(C)c32)cc1. The second-order valence-electron chi connectivity index (χ2n) is 9.31. The largest absolute Gasteiger partial charge is 0.497 e. The Balaban J connectivity index is 1.60. The molecule has 4 aromatic carbocycles. The number of aromatic nitrogens is 1. The molecule has 2 N–H and O–H groups in total. The van der Waals surface area contributed by atoms with Gasteiger partial charge in [-0.1, -0.05) is 72.3 Å². The van der Waals surface area contributed by atoms with E-state index < -0.39 is 6.10 Å². The number of aliphatic hydroxyl groups excluding tert-OH is 1. The first-order valence-corrected chi connectivity index (χ1v) is 12.4. The van der Waals surface area contributed by atoms with Gasteiger partial charge in [-0.25, -0.2) is 0 Å². The van der Waals surface area contributed by atoms with Gasteiger partial charge >= 0.3 is 0 Å².